The van der Waals surface area contributed by atoms with Crippen LogP contribution < -0.4 is 10.1 Å². The van der Waals surface area contributed by atoms with E-state index in [9.17, 15) is 0 Å². The van der Waals surface area contributed by atoms with Gasteiger partial charge < -0.3 is 24.1 Å². The number of pyridine rings is 1. The Morgan fingerprint density at radius 2 is 1.82 bits per heavy atom. The molecule has 3 atom stereocenters. The number of rotatable bonds is 8. The molecule has 1 aliphatic carbocycles. The van der Waals surface area contributed by atoms with Crippen molar-refractivity contribution in [2.45, 2.75) is 64.2 Å². The summed E-state index contributed by atoms with van der Waals surface area (Å²) in [6.07, 6.45) is 5.22. The highest BCUT2D eigenvalue weighted by molar-refractivity contribution is 9.10. The van der Waals surface area contributed by atoms with Gasteiger partial charge in [0.2, 0.25) is 0 Å². The summed E-state index contributed by atoms with van der Waals surface area (Å²) < 4.78 is 21.3. The molecule has 0 bridgehead atoms. The fourth-order valence-electron chi connectivity index (χ4n) is 6.37. The minimum Gasteiger partial charge on any atom is -0.497 e. The molecule has 226 valence electrons. The van der Waals surface area contributed by atoms with Gasteiger partial charge in [0.25, 0.3) is 0 Å². The molecule has 0 saturated carbocycles. The molecule has 0 amide bonds. The molecule has 2 aliphatic rings. The maximum Gasteiger partial charge on any atom is 0.164 e. The first kappa shape index (κ1) is 29.2. The molecule has 0 spiro atoms. The standard InChI is InChI=1S/C34H33BrClN5O3/c1-19-13-25-31(36)38-18-39-33(25)41(19)28-16-23(29-30(28)44-34(2,3)43-29)10-6-20-5-9-22-15-26(35)32(40-27(22)14-20)37-17-21-7-11-24(42-4)12-8-21/h5,7-9,11-16,18,28-30H,6,10,17H2,1-4H3,(H,37,40)/t28-,29-,30+/m1/s1. The number of fused-ring (bicyclic) bond motifs is 3. The van der Waals surface area contributed by atoms with Crippen molar-refractivity contribution in [3.8, 4) is 5.75 Å². The summed E-state index contributed by atoms with van der Waals surface area (Å²) in [5.41, 5.74) is 6.41. The first-order chi connectivity index (χ1) is 21.2. The summed E-state index contributed by atoms with van der Waals surface area (Å²) in [6, 6.07) is 18.6. The number of hydrogen-bond donors (Lipinski definition) is 1. The van der Waals surface area contributed by atoms with Crippen molar-refractivity contribution >= 4 is 55.3 Å². The Kier molecular flexibility index (Phi) is 7.61. The van der Waals surface area contributed by atoms with Crippen LogP contribution in [0.25, 0.3) is 21.9 Å². The summed E-state index contributed by atoms with van der Waals surface area (Å²) in [5.74, 6) is 0.979. The van der Waals surface area contributed by atoms with E-state index in [1.165, 1.54) is 17.5 Å². The molecule has 3 aromatic heterocycles. The molecule has 44 heavy (non-hydrogen) atoms. The normalized spacial score (nSPS) is 20.7. The Balaban J connectivity index is 1.12. The predicted octanol–water partition coefficient (Wildman–Crippen LogP) is 7.96. The van der Waals surface area contributed by atoms with Crippen LogP contribution in [0, 0.1) is 6.92 Å². The number of nitrogens with zero attached hydrogens (tertiary/aromatic N) is 4. The van der Waals surface area contributed by atoms with Gasteiger partial charge in [-0.2, -0.15) is 0 Å². The van der Waals surface area contributed by atoms with Crippen molar-refractivity contribution in [3.05, 3.63) is 99.0 Å². The smallest absolute Gasteiger partial charge is 0.164 e. The highest BCUT2D eigenvalue weighted by Gasteiger charge is 2.50. The van der Waals surface area contributed by atoms with Crippen molar-refractivity contribution in [1.82, 2.24) is 19.5 Å². The average molecular weight is 675 g/mol. The Labute approximate surface area is 269 Å². The monoisotopic (exact) mass is 673 g/mol. The van der Waals surface area contributed by atoms with E-state index < -0.39 is 5.79 Å². The van der Waals surface area contributed by atoms with Gasteiger partial charge in [-0.1, -0.05) is 41.9 Å². The van der Waals surface area contributed by atoms with Crippen LogP contribution >= 0.6 is 27.5 Å². The number of aromatic nitrogens is 4. The maximum absolute atomic E-state index is 6.47. The molecule has 5 aromatic rings. The second kappa shape index (κ2) is 11.5. The number of hydrogen-bond acceptors (Lipinski definition) is 7. The highest BCUT2D eigenvalue weighted by atomic mass is 79.9. The van der Waals surface area contributed by atoms with E-state index in [2.05, 4.69) is 85.2 Å². The van der Waals surface area contributed by atoms with Crippen LogP contribution in [0.15, 0.2) is 77.0 Å². The van der Waals surface area contributed by atoms with E-state index in [0.29, 0.717) is 11.7 Å². The maximum atomic E-state index is 6.47. The van der Waals surface area contributed by atoms with Crippen LogP contribution in [0.3, 0.4) is 0 Å². The van der Waals surface area contributed by atoms with Crippen LogP contribution in [0.4, 0.5) is 5.82 Å². The van der Waals surface area contributed by atoms with Gasteiger partial charge in [0, 0.05) is 17.6 Å². The quantitative estimate of drug-likeness (QED) is 0.132. The molecule has 8 nitrogen and oxygen atoms in total. The van der Waals surface area contributed by atoms with E-state index in [0.717, 1.165) is 62.1 Å². The molecule has 1 fully saturated rings. The fourth-order valence-corrected chi connectivity index (χ4v) is 7.03. The van der Waals surface area contributed by atoms with Gasteiger partial charge in [-0.25, -0.2) is 15.0 Å². The molecular formula is C34H33BrClN5O3. The highest BCUT2D eigenvalue weighted by Crippen LogP contribution is 2.46. The number of nitrogens with one attached hydrogen (secondary N) is 1. The molecule has 1 saturated heterocycles. The van der Waals surface area contributed by atoms with E-state index in [4.69, 9.17) is 30.8 Å². The van der Waals surface area contributed by atoms with Crippen LogP contribution in [-0.2, 0) is 22.4 Å². The van der Waals surface area contributed by atoms with E-state index in [-0.39, 0.29) is 18.2 Å². The summed E-state index contributed by atoms with van der Waals surface area (Å²) in [7, 11) is 1.67. The van der Waals surface area contributed by atoms with Gasteiger partial charge >= 0.3 is 0 Å². The van der Waals surface area contributed by atoms with Crippen LogP contribution in [0.1, 0.15) is 43.1 Å². The molecular weight excluding hydrogens is 642 g/mol. The third-order valence-corrected chi connectivity index (χ3v) is 9.35. The summed E-state index contributed by atoms with van der Waals surface area (Å²) in [6.45, 7) is 6.69. The van der Waals surface area contributed by atoms with Gasteiger partial charge in [-0.3, -0.25) is 0 Å². The van der Waals surface area contributed by atoms with E-state index in [1.54, 1.807) is 7.11 Å². The van der Waals surface area contributed by atoms with Gasteiger partial charge in [-0.05, 0) is 96.6 Å². The lowest BCUT2D eigenvalue weighted by atomic mass is 10.0. The van der Waals surface area contributed by atoms with Gasteiger partial charge in [0.15, 0.2) is 5.79 Å². The van der Waals surface area contributed by atoms with Gasteiger partial charge in [0.05, 0.1) is 28.5 Å². The van der Waals surface area contributed by atoms with Crippen LogP contribution in [-0.4, -0.2) is 44.6 Å². The van der Waals surface area contributed by atoms with Crippen molar-refractivity contribution < 1.29 is 14.2 Å². The Bertz CT molecular complexity index is 1910. The molecule has 1 N–H and O–H groups in total. The molecule has 7 rings (SSSR count). The van der Waals surface area contributed by atoms with E-state index in [1.807, 2.05) is 32.0 Å². The zero-order valence-corrected chi connectivity index (χ0v) is 27.3. The number of benzene rings is 2. The van der Waals surface area contributed by atoms with Crippen molar-refractivity contribution in [2.24, 2.45) is 0 Å². The average Bonchev–Trinajstić information content (AvgIpc) is 3.62. The third-order valence-electron chi connectivity index (χ3n) is 8.45. The van der Waals surface area contributed by atoms with Gasteiger partial charge in [0.1, 0.15) is 40.9 Å². The Morgan fingerprint density at radius 3 is 2.61 bits per heavy atom. The zero-order chi connectivity index (χ0) is 30.6. The number of aryl methyl sites for hydroxylation is 2. The number of anilines is 1. The minimum atomic E-state index is -0.675. The second-order valence-electron chi connectivity index (χ2n) is 11.9. The summed E-state index contributed by atoms with van der Waals surface area (Å²) >= 11 is 10.1. The first-order valence-corrected chi connectivity index (χ1v) is 15.9. The molecule has 10 heteroatoms. The van der Waals surface area contributed by atoms with Crippen molar-refractivity contribution in [2.75, 3.05) is 12.4 Å². The molecule has 0 unspecified atom stereocenters. The minimum absolute atomic E-state index is 0.0600. The number of methoxy groups -OCH3 is 1. The fraction of sp³-hybridized carbons (Fsp3) is 0.324. The number of ether oxygens (including phenoxy) is 3. The molecule has 4 heterocycles. The lowest BCUT2D eigenvalue weighted by Gasteiger charge is -2.23. The SMILES string of the molecule is COc1ccc(CNc2nc3cc(CCC4=C[C@@H](n5c(C)cc6c(Cl)ncnc65)[C@@H]5OC(C)(C)O[C@H]45)ccc3cc2Br)cc1. The third kappa shape index (κ3) is 5.47. The zero-order valence-electron chi connectivity index (χ0n) is 25.0. The number of halogens is 2. The molecule has 0 radical (unpaired) electrons. The van der Waals surface area contributed by atoms with Gasteiger partial charge in [-0.15, -0.1) is 0 Å². The second-order valence-corrected chi connectivity index (χ2v) is 13.1. The van der Waals surface area contributed by atoms with Crippen LogP contribution in [0.2, 0.25) is 5.15 Å². The lowest BCUT2D eigenvalue weighted by Crippen LogP contribution is -2.28. The summed E-state index contributed by atoms with van der Waals surface area (Å²) in [4.78, 5) is 13.7. The topological polar surface area (TPSA) is 83.3 Å². The van der Waals surface area contributed by atoms with E-state index >= 15 is 0 Å². The van der Waals surface area contributed by atoms with Crippen molar-refractivity contribution in [3.63, 3.8) is 0 Å². The largest absolute Gasteiger partial charge is 0.497 e. The first-order valence-electron chi connectivity index (χ1n) is 14.7. The molecule has 2 aromatic carbocycles. The van der Waals surface area contributed by atoms with Crippen LogP contribution in [0.5, 0.6) is 5.75 Å². The summed E-state index contributed by atoms with van der Waals surface area (Å²) in [5, 5.41) is 5.85. The lowest BCUT2D eigenvalue weighted by molar-refractivity contribution is -0.147. The predicted molar refractivity (Wildman–Crippen MR) is 176 cm³/mol. The van der Waals surface area contributed by atoms with Crippen molar-refractivity contribution in [1.29, 1.82) is 0 Å². The molecule has 1 aliphatic heterocycles. The Morgan fingerprint density at radius 1 is 1.02 bits per heavy atom. The Hall–Kier alpha value is -3.50.